The van der Waals surface area contributed by atoms with Gasteiger partial charge >= 0.3 is 0 Å². The van der Waals surface area contributed by atoms with Gasteiger partial charge in [0.15, 0.2) is 0 Å². The number of amides is 3. The number of imide groups is 1. The fraction of sp³-hybridized carbons (Fsp3) is 0.292. The molecule has 2 fully saturated rings. The summed E-state index contributed by atoms with van der Waals surface area (Å²) in [7, 11) is 0. The molecule has 1 spiro atoms. The van der Waals surface area contributed by atoms with Crippen molar-refractivity contribution in [3.8, 4) is 0 Å². The van der Waals surface area contributed by atoms with Crippen LogP contribution in [-0.4, -0.2) is 35.2 Å². The Morgan fingerprint density at radius 3 is 2.43 bits per heavy atom. The molecule has 0 unspecified atom stereocenters. The van der Waals surface area contributed by atoms with E-state index < -0.39 is 17.4 Å². The van der Waals surface area contributed by atoms with Crippen LogP contribution in [0, 0.1) is 11.8 Å². The Morgan fingerprint density at radius 2 is 1.70 bits per heavy atom. The highest BCUT2D eigenvalue weighted by Crippen LogP contribution is 2.54. The van der Waals surface area contributed by atoms with E-state index in [1.54, 1.807) is 11.0 Å². The molecule has 3 amide bonds. The zero-order valence-corrected chi connectivity index (χ0v) is 16.7. The largest absolute Gasteiger partial charge is 0.306 e. The first kappa shape index (κ1) is 18.8. The molecule has 2 aromatic carbocycles. The predicted molar refractivity (Wildman–Crippen MR) is 112 cm³/mol. The molecule has 0 aliphatic carbocycles. The number of para-hydroxylation sites is 1. The molecular formula is C24H23N3O3. The maximum Gasteiger partial charge on any atom is 0.253 e. The van der Waals surface area contributed by atoms with Crippen LogP contribution < -0.4 is 10.2 Å². The van der Waals surface area contributed by atoms with Crippen LogP contribution in [0.5, 0.6) is 0 Å². The van der Waals surface area contributed by atoms with Crippen LogP contribution in [0.15, 0.2) is 67.3 Å². The summed E-state index contributed by atoms with van der Waals surface area (Å²) < 4.78 is 0. The van der Waals surface area contributed by atoms with Gasteiger partial charge < -0.3 is 4.90 Å². The minimum Gasteiger partial charge on any atom is -0.306 e. The molecule has 30 heavy (non-hydrogen) atoms. The van der Waals surface area contributed by atoms with Gasteiger partial charge in [0.05, 0.1) is 18.4 Å². The molecule has 0 aromatic heterocycles. The number of rotatable bonds is 4. The van der Waals surface area contributed by atoms with Crippen molar-refractivity contribution in [2.24, 2.45) is 11.8 Å². The van der Waals surface area contributed by atoms with E-state index in [-0.39, 0.29) is 30.3 Å². The monoisotopic (exact) mass is 401 g/mol. The normalized spacial score (nSPS) is 29.6. The SMILES string of the molecule is C=CCN1C(=O)[C@]2(N[C@@H](C)[C@H]3C(=O)N(Cc4ccccc4)C(=O)[C@H]32)c2ccccc21. The van der Waals surface area contributed by atoms with E-state index in [0.717, 1.165) is 16.8 Å². The van der Waals surface area contributed by atoms with E-state index in [1.807, 2.05) is 61.5 Å². The number of hydrogen-bond acceptors (Lipinski definition) is 4. The minimum absolute atomic E-state index is 0.189. The van der Waals surface area contributed by atoms with E-state index in [1.165, 1.54) is 4.90 Å². The van der Waals surface area contributed by atoms with Gasteiger partial charge in [-0.25, -0.2) is 0 Å². The molecule has 2 saturated heterocycles. The molecular weight excluding hydrogens is 378 g/mol. The zero-order chi connectivity index (χ0) is 21.0. The van der Waals surface area contributed by atoms with Crippen molar-refractivity contribution in [2.45, 2.75) is 25.0 Å². The molecule has 3 aliphatic rings. The summed E-state index contributed by atoms with van der Waals surface area (Å²) in [6.45, 7) is 6.23. The number of hydrogen-bond donors (Lipinski definition) is 1. The Hall–Kier alpha value is -3.25. The topological polar surface area (TPSA) is 69.7 Å². The van der Waals surface area contributed by atoms with Gasteiger partial charge in [0.25, 0.3) is 5.91 Å². The average molecular weight is 401 g/mol. The Balaban J connectivity index is 1.60. The molecule has 3 heterocycles. The van der Waals surface area contributed by atoms with Gasteiger partial charge in [0, 0.05) is 23.8 Å². The fourth-order valence-corrected chi connectivity index (χ4v) is 5.40. The van der Waals surface area contributed by atoms with Crippen molar-refractivity contribution in [3.05, 3.63) is 78.4 Å². The summed E-state index contributed by atoms with van der Waals surface area (Å²) >= 11 is 0. The van der Waals surface area contributed by atoms with Gasteiger partial charge in [-0.2, -0.15) is 0 Å². The summed E-state index contributed by atoms with van der Waals surface area (Å²) in [5.74, 6) is -2.01. The Morgan fingerprint density at radius 1 is 1.00 bits per heavy atom. The van der Waals surface area contributed by atoms with E-state index in [4.69, 9.17) is 0 Å². The number of benzene rings is 2. The van der Waals surface area contributed by atoms with Crippen LogP contribution in [0.4, 0.5) is 5.69 Å². The lowest BCUT2D eigenvalue weighted by Gasteiger charge is -2.30. The zero-order valence-electron chi connectivity index (χ0n) is 16.7. The lowest BCUT2D eigenvalue weighted by molar-refractivity contribution is -0.143. The first-order valence-electron chi connectivity index (χ1n) is 10.2. The van der Waals surface area contributed by atoms with Crippen molar-refractivity contribution in [3.63, 3.8) is 0 Å². The van der Waals surface area contributed by atoms with Crippen LogP contribution in [0.25, 0.3) is 0 Å². The molecule has 6 nitrogen and oxygen atoms in total. The summed E-state index contributed by atoms with van der Waals surface area (Å²) in [5.41, 5.74) is 1.20. The van der Waals surface area contributed by atoms with Gasteiger partial charge in [0.1, 0.15) is 5.54 Å². The van der Waals surface area contributed by atoms with Crippen molar-refractivity contribution in [1.82, 2.24) is 10.2 Å². The Kier molecular flexibility index (Phi) is 4.15. The lowest BCUT2D eigenvalue weighted by Crippen LogP contribution is -2.54. The smallest absolute Gasteiger partial charge is 0.253 e. The van der Waals surface area contributed by atoms with E-state index >= 15 is 0 Å². The third-order valence-electron chi connectivity index (χ3n) is 6.60. The number of nitrogens with zero attached hydrogens (tertiary/aromatic N) is 2. The number of anilines is 1. The highest BCUT2D eigenvalue weighted by molar-refractivity contribution is 6.16. The maximum atomic E-state index is 13.7. The van der Waals surface area contributed by atoms with Crippen LogP contribution in [0.2, 0.25) is 0 Å². The second kappa shape index (κ2) is 6.64. The fourth-order valence-electron chi connectivity index (χ4n) is 5.40. The number of nitrogens with one attached hydrogen (secondary N) is 1. The molecule has 4 atom stereocenters. The Bertz CT molecular complexity index is 1070. The molecule has 0 radical (unpaired) electrons. The maximum absolute atomic E-state index is 13.7. The molecule has 2 aromatic rings. The van der Waals surface area contributed by atoms with Crippen LogP contribution in [0.3, 0.4) is 0 Å². The summed E-state index contributed by atoms with van der Waals surface area (Å²) in [5, 5.41) is 3.38. The second-order valence-electron chi connectivity index (χ2n) is 8.21. The minimum atomic E-state index is -1.22. The molecule has 5 rings (SSSR count). The van der Waals surface area contributed by atoms with Crippen molar-refractivity contribution < 1.29 is 14.4 Å². The number of fused-ring (bicyclic) bond motifs is 4. The van der Waals surface area contributed by atoms with Gasteiger partial charge in [-0.1, -0.05) is 54.6 Å². The number of carbonyl (C=O) groups excluding carboxylic acids is 3. The van der Waals surface area contributed by atoms with Crippen molar-refractivity contribution in [2.75, 3.05) is 11.4 Å². The van der Waals surface area contributed by atoms with Crippen LogP contribution >= 0.6 is 0 Å². The van der Waals surface area contributed by atoms with Gasteiger partial charge in [-0.15, -0.1) is 6.58 Å². The van der Waals surface area contributed by atoms with Crippen LogP contribution in [-0.2, 0) is 26.5 Å². The third-order valence-corrected chi connectivity index (χ3v) is 6.60. The molecule has 0 saturated carbocycles. The Labute approximate surface area is 175 Å². The standard InChI is InChI=1S/C24H23N3O3/c1-3-13-26-18-12-8-7-11-17(18)24(23(26)30)20-19(15(2)25-24)21(28)27(22(20)29)14-16-9-5-4-6-10-16/h3-12,15,19-20,25H,1,13-14H2,2H3/t15-,19+,20-,24-/m0/s1. The first-order valence-corrected chi connectivity index (χ1v) is 10.2. The van der Waals surface area contributed by atoms with Crippen molar-refractivity contribution in [1.29, 1.82) is 0 Å². The van der Waals surface area contributed by atoms with E-state index in [9.17, 15) is 14.4 Å². The second-order valence-corrected chi connectivity index (χ2v) is 8.21. The predicted octanol–water partition coefficient (Wildman–Crippen LogP) is 2.21. The van der Waals surface area contributed by atoms with Gasteiger partial charge in [-0.05, 0) is 18.6 Å². The van der Waals surface area contributed by atoms with Gasteiger partial charge in [0.2, 0.25) is 11.8 Å². The number of carbonyl (C=O) groups is 3. The highest BCUT2D eigenvalue weighted by Gasteiger charge is 2.70. The summed E-state index contributed by atoms with van der Waals surface area (Å²) in [6.07, 6.45) is 1.67. The molecule has 6 heteroatoms. The third kappa shape index (κ3) is 2.31. The highest BCUT2D eigenvalue weighted by atomic mass is 16.2. The van der Waals surface area contributed by atoms with Crippen molar-refractivity contribution >= 4 is 23.4 Å². The average Bonchev–Trinajstić information content (AvgIpc) is 3.29. The molecule has 0 bridgehead atoms. The van der Waals surface area contributed by atoms with E-state index in [0.29, 0.717) is 6.54 Å². The molecule has 3 aliphatic heterocycles. The number of likely N-dealkylation sites (tertiary alicyclic amines) is 1. The van der Waals surface area contributed by atoms with E-state index in [2.05, 4.69) is 11.9 Å². The lowest BCUT2D eigenvalue weighted by atomic mass is 9.76. The summed E-state index contributed by atoms with van der Waals surface area (Å²) in [6, 6.07) is 16.7. The quantitative estimate of drug-likeness (QED) is 0.630. The van der Waals surface area contributed by atoms with Gasteiger partial charge in [-0.3, -0.25) is 24.6 Å². The molecule has 152 valence electrons. The van der Waals surface area contributed by atoms with Crippen LogP contribution in [0.1, 0.15) is 18.1 Å². The first-order chi connectivity index (χ1) is 14.5. The summed E-state index contributed by atoms with van der Waals surface area (Å²) in [4.78, 5) is 43.6. The molecule has 1 N–H and O–H groups in total.